The third-order valence-corrected chi connectivity index (χ3v) is 5.39. The summed E-state index contributed by atoms with van der Waals surface area (Å²) in [5.74, 6) is -0.662. The molecule has 2 aliphatic heterocycles. The maximum atomic E-state index is 12.9. The van der Waals surface area contributed by atoms with Gasteiger partial charge in [-0.3, -0.25) is 14.5 Å². The zero-order chi connectivity index (χ0) is 18.4. The average Bonchev–Trinajstić information content (AvgIpc) is 2.85. The van der Waals surface area contributed by atoms with E-state index >= 15 is 0 Å². The van der Waals surface area contributed by atoms with Gasteiger partial charge in [0, 0.05) is 29.9 Å². The first-order chi connectivity index (χ1) is 12.5. The van der Waals surface area contributed by atoms with E-state index in [-0.39, 0.29) is 11.8 Å². The van der Waals surface area contributed by atoms with Crippen molar-refractivity contribution in [2.45, 2.75) is 12.8 Å². The molecule has 0 aliphatic carbocycles. The lowest BCUT2D eigenvalue weighted by Crippen LogP contribution is -2.35. The number of anilines is 1. The van der Waals surface area contributed by atoms with Crippen molar-refractivity contribution in [1.29, 1.82) is 0 Å². The molecule has 4 rings (SSSR count). The number of likely N-dealkylation sites (N-methyl/N-ethyl adjacent to an activating group) is 1. The normalized spacial score (nSPS) is 17.2. The van der Waals surface area contributed by atoms with Crippen LogP contribution in [0.2, 0.25) is 10.0 Å². The standard InChI is InChI=1S/C20H16Cl2N2O2/c1-23-19(25)17(14-9-8-13(21)11-15(14)22)18(20(23)26)24-10-4-6-12-5-2-3-7-16(12)24/h2-3,5,7-9,11H,4,6,10H2,1H3. The number of imide groups is 1. The summed E-state index contributed by atoms with van der Waals surface area (Å²) in [5, 5.41) is 0.834. The summed E-state index contributed by atoms with van der Waals surface area (Å²) < 4.78 is 0. The first-order valence-electron chi connectivity index (χ1n) is 8.36. The zero-order valence-corrected chi connectivity index (χ0v) is 15.6. The molecule has 0 atom stereocenters. The molecule has 0 unspecified atom stereocenters. The van der Waals surface area contributed by atoms with Crippen molar-refractivity contribution >= 4 is 46.3 Å². The number of para-hydroxylation sites is 1. The van der Waals surface area contributed by atoms with Gasteiger partial charge < -0.3 is 4.90 Å². The molecular weight excluding hydrogens is 371 g/mol. The molecule has 132 valence electrons. The van der Waals surface area contributed by atoms with E-state index in [1.165, 1.54) is 12.6 Å². The highest BCUT2D eigenvalue weighted by atomic mass is 35.5. The molecule has 0 N–H and O–H groups in total. The lowest BCUT2D eigenvalue weighted by Gasteiger charge is -2.32. The molecule has 2 heterocycles. The van der Waals surface area contributed by atoms with Gasteiger partial charge in [0.2, 0.25) is 0 Å². The minimum atomic E-state index is -0.350. The highest BCUT2D eigenvalue weighted by Gasteiger charge is 2.41. The Labute approximate surface area is 161 Å². The van der Waals surface area contributed by atoms with Gasteiger partial charge in [0.15, 0.2) is 0 Å². The monoisotopic (exact) mass is 386 g/mol. The molecule has 0 radical (unpaired) electrons. The summed E-state index contributed by atoms with van der Waals surface area (Å²) in [5.41, 5.74) is 3.37. The fourth-order valence-electron chi connectivity index (χ4n) is 3.58. The van der Waals surface area contributed by atoms with Gasteiger partial charge in [-0.05, 0) is 36.6 Å². The molecule has 26 heavy (non-hydrogen) atoms. The van der Waals surface area contributed by atoms with Gasteiger partial charge in [0.05, 0.1) is 10.6 Å². The molecule has 2 amide bonds. The molecule has 2 aromatic rings. The van der Waals surface area contributed by atoms with Crippen LogP contribution in [0.1, 0.15) is 17.5 Å². The SMILES string of the molecule is CN1C(=O)C(c2ccc(Cl)cc2Cl)=C(N2CCCc3ccccc32)C1=O. The lowest BCUT2D eigenvalue weighted by atomic mass is 9.98. The number of carbonyl (C=O) groups excluding carboxylic acids is 2. The number of hydrogen-bond acceptors (Lipinski definition) is 3. The Hall–Kier alpha value is -2.30. The van der Waals surface area contributed by atoms with Crippen LogP contribution in [0.5, 0.6) is 0 Å². The molecule has 4 nitrogen and oxygen atoms in total. The van der Waals surface area contributed by atoms with E-state index in [1.54, 1.807) is 18.2 Å². The van der Waals surface area contributed by atoms with Crippen molar-refractivity contribution in [2.24, 2.45) is 0 Å². The van der Waals surface area contributed by atoms with E-state index < -0.39 is 0 Å². The molecule has 0 fully saturated rings. The maximum Gasteiger partial charge on any atom is 0.277 e. The van der Waals surface area contributed by atoms with E-state index in [2.05, 4.69) is 6.07 Å². The maximum absolute atomic E-state index is 12.9. The first kappa shape index (κ1) is 17.1. The van der Waals surface area contributed by atoms with Crippen molar-refractivity contribution in [3.05, 3.63) is 69.3 Å². The molecule has 0 aromatic heterocycles. The van der Waals surface area contributed by atoms with Gasteiger partial charge in [-0.15, -0.1) is 0 Å². The van der Waals surface area contributed by atoms with E-state index in [4.69, 9.17) is 23.2 Å². The van der Waals surface area contributed by atoms with Gasteiger partial charge in [-0.1, -0.05) is 47.5 Å². The highest BCUT2D eigenvalue weighted by Crippen LogP contribution is 2.39. The Balaban J connectivity index is 1.95. The minimum absolute atomic E-state index is 0.312. The van der Waals surface area contributed by atoms with Gasteiger partial charge in [0.1, 0.15) is 5.70 Å². The number of amides is 2. The minimum Gasteiger partial charge on any atom is -0.336 e. The fraction of sp³-hybridized carbons (Fsp3) is 0.200. The predicted molar refractivity (Wildman–Crippen MR) is 103 cm³/mol. The largest absolute Gasteiger partial charge is 0.336 e. The summed E-state index contributed by atoms with van der Waals surface area (Å²) in [6.07, 6.45) is 1.86. The average molecular weight is 387 g/mol. The third-order valence-electron chi connectivity index (χ3n) is 4.84. The Bertz CT molecular complexity index is 968. The summed E-state index contributed by atoms with van der Waals surface area (Å²) in [6.45, 7) is 0.675. The van der Waals surface area contributed by atoms with Crippen LogP contribution in [0.15, 0.2) is 48.2 Å². The summed E-state index contributed by atoms with van der Waals surface area (Å²) in [7, 11) is 1.50. The zero-order valence-electron chi connectivity index (χ0n) is 14.1. The van der Waals surface area contributed by atoms with Gasteiger partial charge in [-0.2, -0.15) is 0 Å². The topological polar surface area (TPSA) is 40.6 Å². The molecule has 2 aliphatic rings. The van der Waals surface area contributed by atoms with E-state index in [0.29, 0.717) is 33.4 Å². The number of aryl methyl sites for hydroxylation is 1. The van der Waals surface area contributed by atoms with E-state index in [9.17, 15) is 9.59 Å². The smallest absolute Gasteiger partial charge is 0.277 e. The molecule has 0 saturated carbocycles. The molecule has 6 heteroatoms. The number of nitrogens with zero attached hydrogens (tertiary/aromatic N) is 2. The Kier molecular flexibility index (Phi) is 4.25. The van der Waals surface area contributed by atoms with Crippen LogP contribution < -0.4 is 4.90 Å². The second-order valence-electron chi connectivity index (χ2n) is 6.40. The molecule has 0 bridgehead atoms. The first-order valence-corrected chi connectivity index (χ1v) is 9.12. The summed E-state index contributed by atoms with van der Waals surface area (Å²) >= 11 is 12.4. The Morgan fingerprint density at radius 2 is 1.77 bits per heavy atom. The van der Waals surface area contributed by atoms with Crippen molar-refractivity contribution in [3.8, 4) is 0 Å². The Morgan fingerprint density at radius 3 is 2.54 bits per heavy atom. The van der Waals surface area contributed by atoms with Crippen LogP contribution in [0.3, 0.4) is 0 Å². The highest BCUT2D eigenvalue weighted by molar-refractivity contribution is 6.41. The van der Waals surface area contributed by atoms with Crippen molar-refractivity contribution in [2.75, 3.05) is 18.5 Å². The molecule has 0 saturated heterocycles. The van der Waals surface area contributed by atoms with Crippen molar-refractivity contribution in [3.63, 3.8) is 0 Å². The number of carbonyl (C=O) groups is 2. The summed E-state index contributed by atoms with van der Waals surface area (Å²) in [6, 6.07) is 12.9. The second-order valence-corrected chi connectivity index (χ2v) is 7.24. The van der Waals surface area contributed by atoms with Crippen molar-refractivity contribution in [1.82, 2.24) is 4.90 Å². The van der Waals surface area contributed by atoms with Crippen LogP contribution in [-0.2, 0) is 16.0 Å². The van der Waals surface area contributed by atoms with Crippen LogP contribution in [0.25, 0.3) is 5.57 Å². The number of hydrogen-bond donors (Lipinski definition) is 0. The molecular formula is C20H16Cl2N2O2. The van der Waals surface area contributed by atoms with Gasteiger partial charge in [0.25, 0.3) is 11.8 Å². The predicted octanol–water partition coefficient (Wildman–Crippen LogP) is 4.16. The van der Waals surface area contributed by atoms with E-state index in [1.807, 2.05) is 23.1 Å². The second kappa shape index (κ2) is 6.45. The van der Waals surface area contributed by atoms with Crippen LogP contribution in [0, 0.1) is 0 Å². The number of rotatable bonds is 2. The quantitative estimate of drug-likeness (QED) is 0.727. The number of halogens is 2. The number of benzene rings is 2. The van der Waals surface area contributed by atoms with Crippen LogP contribution in [-0.4, -0.2) is 30.3 Å². The fourth-order valence-corrected chi connectivity index (χ4v) is 4.08. The lowest BCUT2D eigenvalue weighted by molar-refractivity contribution is -0.135. The van der Waals surface area contributed by atoms with Gasteiger partial charge >= 0.3 is 0 Å². The van der Waals surface area contributed by atoms with Crippen molar-refractivity contribution < 1.29 is 9.59 Å². The van der Waals surface area contributed by atoms with Gasteiger partial charge in [-0.25, -0.2) is 0 Å². The third kappa shape index (κ3) is 2.61. The number of fused-ring (bicyclic) bond motifs is 1. The van der Waals surface area contributed by atoms with Crippen LogP contribution in [0.4, 0.5) is 5.69 Å². The van der Waals surface area contributed by atoms with E-state index in [0.717, 1.165) is 23.4 Å². The van der Waals surface area contributed by atoms with Crippen LogP contribution >= 0.6 is 23.2 Å². The Morgan fingerprint density at radius 1 is 1.00 bits per heavy atom. The molecule has 0 spiro atoms. The summed E-state index contributed by atoms with van der Waals surface area (Å²) in [4.78, 5) is 28.9. The molecule has 2 aromatic carbocycles.